The van der Waals surface area contributed by atoms with Crippen LogP contribution in [0.3, 0.4) is 0 Å². The fraction of sp³-hybridized carbons (Fsp3) is 0.333. The monoisotopic (exact) mass is 386 g/mol. The van der Waals surface area contributed by atoms with Gasteiger partial charge in [-0.25, -0.2) is 14.4 Å². The van der Waals surface area contributed by atoms with Crippen molar-refractivity contribution in [3.05, 3.63) is 47.7 Å². The molecule has 9 heteroatoms. The first-order chi connectivity index (χ1) is 13.1. The van der Waals surface area contributed by atoms with Gasteiger partial charge in [-0.2, -0.15) is 16.9 Å². The van der Waals surface area contributed by atoms with Gasteiger partial charge in [0.2, 0.25) is 5.82 Å². The maximum absolute atomic E-state index is 13.0. The molecular formula is C18H19FN6OS. The van der Waals surface area contributed by atoms with E-state index in [0.29, 0.717) is 5.65 Å². The number of hydrogen-bond donors (Lipinski definition) is 1. The number of aromatic nitrogens is 4. The van der Waals surface area contributed by atoms with Gasteiger partial charge in [-0.1, -0.05) is 12.1 Å². The fourth-order valence-corrected chi connectivity index (χ4v) is 3.89. The highest BCUT2D eigenvalue weighted by Gasteiger charge is 2.21. The zero-order valence-electron chi connectivity index (χ0n) is 14.9. The van der Waals surface area contributed by atoms with Gasteiger partial charge in [0, 0.05) is 38.2 Å². The normalized spacial score (nSPS) is 14.5. The second-order valence-electron chi connectivity index (χ2n) is 6.28. The van der Waals surface area contributed by atoms with Crippen LogP contribution >= 0.6 is 11.8 Å². The van der Waals surface area contributed by atoms with E-state index >= 15 is 0 Å². The highest BCUT2D eigenvalue weighted by Crippen LogP contribution is 2.25. The average Bonchev–Trinajstić information content (AvgIpc) is 3.08. The maximum Gasteiger partial charge on any atom is 0.289 e. The molecule has 1 aliphatic rings. The SMILES string of the molecule is Cn1ncc2c(N3CCSCC3)nc(C(=O)NCc3ccc(F)cc3)nc21. The molecule has 140 valence electrons. The lowest BCUT2D eigenvalue weighted by Crippen LogP contribution is -2.34. The third-order valence-corrected chi connectivity index (χ3v) is 5.39. The van der Waals surface area contributed by atoms with E-state index in [4.69, 9.17) is 0 Å². The number of anilines is 1. The second-order valence-corrected chi connectivity index (χ2v) is 7.51. The first-order valence-electron chi connectivity index (χ1n) is 8.67. The van der Waals surface area contributed by atoms with Crippen LogP contribution in [0, 0.1) is 5.82 Å². The van der Waals surface area contributed by atoms with E-state index in [1.807, 2.05) is 11.8 Å². The van der Waals surface area contributed by atoms with Crippen LogP contribution in [0.1, 0.15) is 16.2 Å². The second kappa shape index (κ2) is 7.51. The molecule has 2 aromatic heterocycles. The molecule has 0 unspecified atom stereocenters. The van der Waals surface area contributed by atoms with E-state index in [1.165, 1.54) is 12.1 Å². The third-order valence-electron chi connectivity index (χ3n) is 4.45. The van der Waals surface area contributed by atoms with Crippen LogP contribution in [0.25, 0.3) is 11.0 Å². The number of thioether (sulfide) groups is 1. The summed E-state index contributed by atoms with van der Waals surface area (Å²) in [6, 6.07) is 6.01. The Bertz CT molecular complexity index is 968. The van der Waals surface area contributed by atoms with Crippen molar-refractivity contribution in [3.63, 3.8) is 0 Å². The van der Waals surface area contributed by atoms with Crippen molar-refractivity contribution in [2.45, 2.75) is 6.54 Å². The first-order valence-corrected chi connectivity index (χ1v) is 9.82. The molecule has 0 saturated carbocycles. The Hall–Kier alpha value is -2.68. The van der Waals surface area contributed by atoms with Gasteiger partial charge in [0.25, 0.3) is 5.91 Å². The van der Waals surface area contributed by atoms with Crippen molar-refractivity contribution in [3.8, 4) is 0 Å². The fourth-order valence-electron chi connectivity index (χ4n) is 2.99. The number of fused-ring (bicyclic) bond motifs is 1. The van der Waals surface area contributed by atoms with Crippen LogP contribution in [0.4, 0.5) is 10.2 Å². The van der Waals surface area contributed by atoms with E-state index in [0.717, 1.165) is 41.4 Å². The van der Waals surface area contributed by atoms with Gasteiger partial charge in [0.1, 0.15) is 11.6 Å². The van der Waals surface area contributed by atoms with Gasteiger partial charge in [0.15, 0.2) is 5.65 Å². The third kappa shape index (κ3) is 3.73. The Labute approximate surface area is 160 Å². The van der Waals surface area contributed by atoms with Gasteiger partial charge in [0.05, 0.1) is 11.6 Å². The van der Waals surface area contributed by atoms with E-state index in [2.05, 4.69) is 25.3 Å². The van der Waals surface area contributed by atoms with Gasteiger partial charge >= 0.3 is 0 Å². The van der Waals surface area contributed by atoms with Crippen molar-refractivity contribution in [1.29, 1.82) is 0 Å². The summed E-state index contributed by atoms with van der Waals surface area (Å²) in [6.45, 7) is 2.03. The highest BCUT2D eigenvalue weighted by molar-refractivity contribution is 7.99. The van der Waals surface area contributed by atoms with Gasteiger partial charge < -0.3 is 10.2 Å². The molecule has 0 aliphatic carbocycles. The minimum atomic E-state index is -0.366. The molecule has 1 saturated heterocycles. The standard InChI is InChI=1S/C18H19FN6OS/c1-24-16-14(11-21-24)17(25-6-8-27-9-7-25)23-15(22-16)18(26)20-10-12-2-4-13(19)5-3-12/h2-5,11H,6-10H2,1H3,(H,20,26). The Morgan fingerprint density at radius 2 is 1.96 bits per heavy atom. The number of rotatable bonds is 4. The predicted molar refractivity (Wildman–Crippen MR) is 103 cm³/mol. The minimum absolute atomic E-state index is 0.112. The number of nitrogens with zero attached hydrogens (tertiary/aromatic N) is 5. The summed E-state index contributed by atoms with van der Waals surface area (Å²) in [7, 11) is 1.80. The molecule has 0 bridgehead atoms. The lowest BCUT2D eigenvalue weighted by molar-refractivity contribution is 0.0941. The number of halogens is 1. The van der Waals surface area contributed by atoms with Gasteiger partial charge in [-0.05, 0) is 17.7 Å². The van der Waals surface area contributed by atoms with Crippen LogP contribution in [0.2, 0.25) is 0 Å². The summed E-state index contributed by atoms with van der Waals surface area (Å²) in [5, 5.41) is 7.92. The number of carbonyl (C=O) groups excluding carboxylic acids is 1. The average molecular weight is 386 g/mol. The predicted octanol–water partition coefficient (Wildman–Crippen LogP) is 1.99. The van der Waals surface area contributed by atoms with Crippen LogP contribution in [0.15, 0.2) is 30.5 Å². The molecule has 1 N–H and O–H groups in total. The molecule has 3 aromatic rings. The van der Waals surface area contributed by atoms with Crippen molar-refractivity contribution in [2.75, 3.05) is 29.5 Å². The molecule has 0 spiro atoms. The van der Waals surface area contributed by atoms with Crippen LogP contribution in [-0.4, -0.2) is 50.3 Å². The summed E-state index contributed by atoms with van der Waals surface area (Å²) < 4.78 is 14.7. The Balaban J connectivity index is 1.61. The molecule has 1 aromatic carbocycles. The smallest absolute Gasteiger partial charge is 0.289 e. The summed E-state index contributed by atoms with van der Waals surface area (Å²) in [6.07, 6.45) is 1.74. The molecule has 1 aliphatic heterocycles. The van der Waals surface area contributed by atoms with Crippen molar-refractivity contribution >= 4 is 34.5 Å². The van der Waals surface area contributed by atoms with Gasteiger partial charge in [-0.3, -0.25) is 9.48 Å². The van der Waals surface area contributed by atoms with E-state index in [-0.39, 0.29) is 24.1 Å². The number of carbonyl (C=O) groups is 1. The topological polar surface area (TPSA) is 75.9 Å². The van der Waals surface area contributed by atoms with Crippen molar-refractivity contribution in [2.24, 2.45) is 7.05 Å². The Morgan fingerprint density at radius 1 is 1.22 bits per heavy atom. The van der Waals surface area contributed by atoms with Crippen LogP contribution < -0.4 is 10.2 Å². The zero-order valence-corrected chi connectivity index (χ0v) is 15.7. The lowest BCUT2D eigenvalue weighted by atomic mass is 10.2. The zero-order chi connectivity index (χ0) is 18.8. The summed E-state index contributed by atoms with van der Waals surface area (Å²) >= 11 is 1.91. The molecular weight excluding hydrogens is 367 g/mol. The van der Waals surface area contributed by atoms with Crippen molar-refractivity contribution in [1.82, 2.24) is 25.1 Å². The molecule has 3 heterocycles. The van der Waals surface area contributed by atoms with Crippen molar-refractivity contribution < 1.29 is 9.18 Å². The number of amides is 1. The molecule has 27 heavy (non-hydrogen) atoms. The highest BCUT2D eigenvalue weighted by atomic mass is 32.2. The number of aryl methyl sites for hydroxylation is 1. The number of nitrogens with one attached hydrogen (secondary N) is 1. The van der Waals surface area contributed by atoms with E-state index in [1.54, 1.807) is 30.1 Å². The molecule has 7 nitrogen and oxygen atoms in total. The molecule has 0 atom stereocenters. The number of benzene rings is 1. The van der Waals surface area contributed by atoms with Crippen LogP contribution in [0.5, 0.6) is 0 Å². The summed E-state index contributed by atoms with van der Waals surface area (Å²) in [4.78, 5) is 23.8. The molecule has 0 radical (unpaired) electrons. The molecule has 4 rings (SSSR count). The lowest BCUT2D eigenvalue weighted by Gasteiger charge is -2.27. The summed E-state index contributed by atoms with van der Waals surface area (Å²) in [5.74, 6) is 2.24. The Morgan fingerprint density at radius 3 is 2.70 bits per heavy atom. The van der Waals surface area contributed by atoms with E-state index in [9.17, 15) is 9.18 Å². The largest absolute Gasteiger partial charge is 0.354 e. The number of hydrogen-bond acceptors (Lipinski definition) is 6. The summed E-state index contributed by atoms with van der Waals surface area (Å²) in [5.41, 5.74) is 1.43. The maximum atomic E-state index is 13.0. The first kappa shape index (κ1) is 17.7. The molecule has 1 fully saturated rings. The van der Waals surface area contributed by atoms with Crippen LogP contribution in [-0.2, 0) is 13.6 Å². The quantitative estimate of drug-likeness (QED) is 0.739. The minimum Gasteiger partial charge on any atom is -0.354 e. The van der Waals surface area contributed by atoms with E-state index < -0.39 is 0 Å². The molecule has 1 amide bonds. The van der Waals surface area contributed by atoms with Gasteiger partial charge in [-0.15, -0.1) is 0 Å². The Kier molecular flexibility index (Phi) is 4.93.